The van der Waals surface area contributed by atoms with Crippen LogP contribution in [0.25, 0.3) is 0 Å². The van der Waals surface area contributed by atoms with E-state index in [4.69, 9.17) is 0 Å². The van der Waals surface area contributed by atoms with Gasteiger partial charge in [0, 0.05) is 24.2 Å². The molecule has 22 heavy (non-hydrogen) atoms. The lowest BCUT2D eigenvalue weighted by Gasteiger charge is -2.27. The van der Waals surface area contributed by atoms with Gasteiger partial charge in [0.1, 0.15) is 5.03 Å². The highest BCUT2D eigenvalue weighted by molar-refractivity contribution is 7.99. The fourth-order valence-corrected chi connectivity index (χ4v) is 3.11. The van der Waals surface area contributed by atoms with Crippen LogP contribution < -0.4 is 5.32 Å². The molecule has 1 aliphatic heterocycles. The van der Waals surface area contributed by atoms with Crippen molar-refractivity contribution in [1.82, 2.24) is 15.2 Å². The van der Waals surface area contributed by atoms with Crippen LogP contribution in [0.2, 0.25) is 0 Å². The summed E-state index contributed by atoms with van der Waals surface area (Å²) in [6.45, 7) is 1.12. The monoisotopic (exact) mass is 313 g/mol. The van der Waals surface area contributed by atoms with Gasteiger partial charge in [-0.2, -0.15) is 0 Å². The number of amides is 2. The molecule has 1 saturated heterocycles. The van der Waals surface area contributed by atoms with Gasteiger partial charge in [0.25, 0.3) is 5.91 Å². The molecule has 5 nitrogen and oxygen atoms in total. The lowest BCUT2D eigenvalue weighted by Crippen LogP contribution is -2.50. The first-order valence-corrected chi connectivity index (χ1v) is 7.79. The zero-order valence-corrected chi connectivity index (χ0v) is 12.7. The standard InChI is InChI=1S/C16H15N3O2S/c20-14-11-19(10-9-17-14)16(21)13-7-4-8-18-15(13)22-12-5-2-1-3-6-12/h1-8H,9-11H2,(H,17,20). The molecule has 1 aromatic carbocycles. The number of benzene rings is 1. The third kappa shape index (κ3) is 3.28. The van der Waals surface area contributed by atoms with E-state index in [0.717, 1.165) is 4.90 Å². The summed E-state index contributed by atoms with van der Waals surface area (Å²) in [5.41, 5.74) is 0.533. The number of pyridine rings is 1. The maximum atomic E-state index is 12.6. The quantitative estimate of drug-likeness (QED) is 0.938. The molecule has 2 aromatic rings. The lowest BCUT2D eigenvalue weighted by molar-refractivity contribution is -0.123. The van der Waals surface area contributed by atoms with Gasteiger partial charge in [-0.05, 0) is 24.3 Å². The minimum Gasteiger partial charge on any atom is -0.353 e. The summed E-state index contributed by atoms with van der Waals surface area (Å²) in [4.78, 5) is 31.0. The van der Waals surface area contributed by atoms with Gasteiger partial charge in [0.2, 0.25) is 5.91 Å². The van der Waals surface area contributed by atoms with E-state index >= 15 is 0 Å². The van der Waals surface area contributed by atoms with Gasteiger partial charge in [0.15, 0.2) is 0 Å². The number of nitrogens with zero attached hydrogens (tertiary/aromatic N) is 2. The Kier molecular flexibility index (Phi) is 4.39. The van der Waals surface area contributed by atoms with Crippen molar-refractivity contribution >= 4 is 23.6 Å². The van der Waals surface area contributed by atoms with Crippen molar-refractivity contribution in [3.63, 3.8) is 0 Å². The van der Waals surface area contributed by atoms with Gasteiger partial charge in [0.05, 0.1) is 12.1 Å². The molecule has 1 fully saturated rings. The van der Waals surface area contributed by atoms with E-state index in [1.807, 2.05) is 30.3 Å². The maximum absolute atomic E-state index is 12.6. The smallest absolute Gasteiger partial charge is 0.257 e. The molecule has 3 rings (SSSR count). The van der Waals surface area contributed by atoms with Crippen LogP contribution in [0, 0.1) is 0 Å². The molecule has 2 heterocycles. The zero-order valence-electron chi connectivity index (χ0n) is 11.9. The molecule has 1 aliphatic rings. The predicted octanol–water partition coefficient (Wildman–Crippen LogP) is 1.80. The Balaban J connectivity index is 1.84. The largest absolute Gasteiger partial charge is 0.353 e. The van der Waals surface area contributed by atoms with Crippen LogP contribution in [0.1, 0.15) is 10.4 Å². The first-order valence-electron chi connectivity index (χ1n) is 6.98. The number of aromatic nitrogens is 1. The predicted molar refractivity (Wildman–Crippen MR) is 83.7 cm³/mol. The molecular formula is C16H15N3O2S. The van der Waals surface area contributed by atoms with Gasteiger partial charge in [-0.15, -0.1) is 0 Å². The Morgan fingerprint density at radius 3 is 2.77 bits per heavy atom. The summed E-state index contributed by atoms with van der Waals surface area (Å²) in [6, 6.07) is 13.3. The van der Waals surface area contributed by atoms with Gasteiger partial charge in [-0.25, -0.2) is 4.98 Å². The van der Waals surface area contributed by atoms with Crippen molar-refractivity contribution in [3.8, 4) is 0 Å². The van der Waals surface area contributed by atoms with Crippen LogP contribution in [0.5, 0.6) is 0 Å². The Hall–Kier alpha value is -2.34. The van der Waals surface area contributed by atoms with Crippen molar-refractivity contribution in [3.05, 3.63) is 54.2 Å². The van der Waals surface area contributed by atoms with E-state index in [1.165, 1.54) is 11.8 Å². The van der Waals surface area contributed by atoms with E-state index in [9.17, 15) is 9.59 Å². The summed E-state index contributed by atoms with van der Waals surface area (Å²) < 4.78 is 0. The highest BCUT2D eigenvalue weighted by Crippen LogP contribution is 2.29. The molecule has 2 amide bonds. The average Bonchev–Trinajstić information content (AvgIpc) is 2.56. The van der Waals surface area contributed by atoms with Crippen LogP contribution in [0.15, 0.2) is 58.6 Å². The molecule has 0 saturated carbocycles. The normalized spacial score (nSPS) is 14.5. The van der Waals surface area contributed by atoms with Crippen molar-refractivity contribution in [1.29, 1.82) is 0 Å². The van der Waals surface area contributed by atoms with Crippen molar-refractivity contribution in [2.45, 2.75) is 9.92 Å². The van der Waals surface area contributed by atoms with E-state index in [-0.39, 0.29) is 18.4 Å². The van der Waals surface area contributed by atoms with Crippen LogP contribution in [0.3, 0.4) is 0 Å². The molecule has 0 atom stereocenters. The molecule has 0 unspecified atom stereocenters. The third-order valence-corrected chi connectivity index (χ3v) is 4.31. The van der Waals surface area contributed by atoms with E-state index < -0.39 is 0 Å². The molecular weight excluding hydrogens is 298 g/mol. The third-order valence-electron chi connectivity index (χ3n) is 3.28. The lowest BCUT2D eigenvalue weighted by atomic mass is 10.2. The fourth-order valence-electron chi connectivity index (χ4n) is 2.22. The number of piperazine rings is 1. The van der Waals surface area contributed by atoms with Crippen LogP contribution in [-0.2, 0) is 4.79 Å². The van der Waals surface area contributed by atoms with E-state index in [2.05, 4.69) is 10.3 Å². The summed E-state index contributed by atoms with van der Waals surface area (Å²) in [5.74, 6) is -0.276. The molecule has 1 aromatic heterocycles. The number of carbonyl (C=O) groups excluding carboxylic acids is 2. The fraction of sp³-hybridized carbons (Fsp3) is 0.188. The van der Waals surface area contributed by atoms with E-state index in [1.54, 1.807) is 23.2 Å². The molecule has 0 radical (unpaired) electrons. The second-order valence-electron chi connectivity index (χ2n) is 4.85. The highest BCUT2D eigenvalue weighted by Gasteiger charge is 2.24. The molecule has 0 aliphatic carbocycles. The second kappa shape index (κ2) is 6.62. The van der Waals surface area contributed by atoms with Crippen LogP contribution >= 0.6 is 11.8 Å². The Bertz CT molecular complexity index is 691. The first-order chi connectivity index (χ1) is 10.7. The Morgan fingerprint density at radius 1 is 1.18 bits per heavy atom. The topological polar surface area (TPSA) is 62.3 Å². The summed E-state index contributed by atoms with van der Waals surface area (Å²) in [7, 11) is 0. The number of carbonyl (C=O) groups is 2. The molecule has 0 bridgehead atoms. The van der Waals surface area contributed by atoms with Gasteiger partial charge >= 0.3 is 0 Å². The summed E-state index contributed by atoms with van der Waals surface area (Å²) >= 11 is 1.45. The van der Waals surface area contributed by atoms with Crippen LogP contribution in [0.4, 0.5) is 0 Å². The molecule has 0 spiro atoms. The molecule has 1 N–H and O–H groups in total. The minimum absolute atomic E-state index is 0.100. The van der Waals surface area contributed by atoms with Crippen LogP contribution in [-0.4, -0.2) is 41.3 Å². The molecule has 6 heteroatoms. The van der Waals surface area contributed by atoms with Crippen molar-refractivity contribution in [2.75, 3.05) is 19.6 Å². The zero-order chi connectivity index (χ0) is 15.4. The Morgan fingerprint density at radius 2 is 2.00 bits per heavy atom. The second-order valence-corrected chi connectivity index (χ2v) is 5.91. The minimum atomic E-state index is -0.151. The van der Waals surface area contributed by atoms with Gasteiger partial charge in [-0.3, -0.25) is 9.59 Å². The van der Waals surface area contributed by atoms with Gasteiger partial charge < -0.3 is 10.2 Å². The number of rotatable bonds is 3. The number of hydrogen-bond donors (Lipinski definition) is 1. The number of nitrogens with one attached hydrogen (secondary N) is 1. The van der Waals surface area contributed by atoms with Gasteiger partial charge in [-0.1, -0.05) is 30.0 Å². The summed E-state index contributed by atoms with van der Waals surface area (Å²) in [5, 5.41) is 3.38. The summed E-state index contributed by atoms with van der Waals surface area (Å²) in [6.07, 6.45) is 1.67. The maximum Gasteiger partial charge on any atom is 0.257 e. The van der Waals surface area contributed by atoms with Crippen molar-refractivity contribution < 1.29 is 9.59 Å². The highest BCUT2D eigenvalue weighted by atomic mass is 32.2. The van der Waals surface area contributed by atoms with E-state index in [0.29, 0.717) is 23.7 Å². The average molecular weight is 313 g/mol. The Labute approximate surface area is 132 Å². The number of hydrogen-bond acceptors (Lipinski definition) is 4. The van der Waals surface area contributed by atoms with Crippen molar-refractivity contribution in [2.24, 2.45) is 0 Å². The SMILES string of the molecule is O=C1CN(C(=O)c2cccnc2Sc2ccccc2)CCN1. The molecule has 112 valence electrons. The first kappa shape index (κ1) is 14.6.